The highest BCUT2D eigenvalue weighted by Gasteiger charge is 2.31. The zero-order valence-electron chi connectivity index (χ0n) is 15.8. The maximum absolute atomic E-state index is 12.7. The summed E-state index contributed by atoms with van der Waals surface area (Å²) >= 11 is 5.86. The number of rotatable bonds is 7. The molecule has 1 fully saturated rings. The van der Waals surface area contributed by atoms with Crippen molar-refractivity contribution in [1.82, 2.24) is 10.2 Å². The number of quaternary nitrogens is 1. The van der Waals surface area contributed by atoms with Crippen LogP contribution in [0.5, 0.6) is 5.75 Å². The van der Waals surface area contributed by atoms with E-state index in [-0.39, 0.29) is 17.7 Å². The average molecular weight is 383 g/mol. The molecule has 1 atom stereocenters. The van der Waals surface area contributed by atoms with E-state index in [4.69, 9.17) is 16.3 Å². The van der Waals surface area contributed by atoms with Gasteiger partial charge in [-0.3, -0.25) is 9.59 Å². The third-order valence-corrected chi connectivity index (χ3v) is 4.86. The van der Waals surface area contributed by atoms with Gasteiger partial charge < -0.3 is 19.9 Å². The highest BCUT2D eigenvalue weighted by Crippen LogP contribution is 2.15. The first-order valence-electron chi connectivity index (χ1n) is 9.14. The quantitative estimate of drug-likeness (QED) is 0.726. The Morgan fingerprint density at radius 2 is 1.85 bits per heavy atom. The van der Waals surface area contributed by atoms with Crippen LogP contribution in [0.2, 0.25) is 5.02 Å². The molecule has 1 heterocycles. The normalized spacial score (nSPS) is 16.4. The van der Waals surface area contributed by atoms with Crippen LogP contribution in [0, 0.1) is 5.92 Å². The molecule has 0 saturated carbocycles. The first-order chi connectivity index (χ1) is 12.4. The van der Waals surface area contributed by atoms with Gasteiger partial charge in [0.05, 0.1) is 26.2 Å². The van der Waals surface area contributed by atoms with E-state index in [9.17, 15) is 9.59 Å². The molecule has 0 aromatic heterocycles. The molecule has 144 valence electrons. The lowest BCUT2D eigenvalue weighted by Crippen LogP contribution is -3.15. The second kappa shape index (κ2) is 9.78. The molecule has 2 amide bonds. The Kier molecular flexibility index (Phi) is 7.72. The predicted octanol–water partition coefficient (Wildman–Crippen LogP) is 0.607. The third-order valence-electron chi connectivity index (χ3n) is 4.61. The summed E-state index contributed by atoms with van der Waals surface area (Å²) in [6.45, 7) is 10.1. The molecule has 0 bridgehead atoms. The van der Waals surface area contributed by atoms with E-state index in [0.29, 0.717) is 24.7 Å². The lowest BCUT2D eigenvalue weighted by molar-refractivity contribution is -0.904. The maximum atomic E-state index is 12.7. The van der Waals surface area contributed by atoms with Gasteiger partial charge in [0.2, 0.25) is 11.8 Å². The number of nitrogens with one attached hydrogen (secondary N) is 2. The zero-order chi connectivity index (χ0) is 19.1. The number of amides is 2. The van der Waals surface area contributed by atoms with Crippen molar-refractivity contribution in [1.29, 1.82) is 0 Å². The number of piperazine rings is 1. The molecular weight excluding hydrogens is 354 g/mol. The molecule has 0 radical (unpaired) electrons. The summed E-state index contributed by atoms with van der Waals surface area (Å²) in [5.74, 6) is 0.745. The van der Waals surface area contributed by atoms with E-state index < -0.39 is 6.04 Å². The fourth-order valence-corrected chi connectivity index (χ4v) is 3.19. The second-order valence-electron chi connectivity index (χ2n) is 7.05. The fraction of sp³-hybridized carbons (Fsp3) is 0.579. The molecule has 1 aliphatic heterocycles. The van der Waals surface area contributed by atoms with Crippen LogP contribution in [0.1, 0.15) is 20.8 Å². The standard InChI is InChI=1S/C19H28ClN3O3/c1-14(2)18(21-15(3)24)19(25)23-10-8-22(9-11-23)12-13-26-17-6-4-16(20)5-7-17/h4-7,14,18H,8-13H2,1-3H3,(H,21,24)/p+1/t18-/m1/s1. The van der Waals surface area contributed by atoms with Gasteiger partial charge in [-0.25, -0.2) is 0 Å². The summed E-state index contributed by atoms with van der Waals surface area (Å²) < 4.78 is 5.74. The molecule has 26 heavy (non-hydrogen) atoms. The Balaban J connectivity index is 1.74. The SMILES string of the molecule is CC(=O)N[C@@H](C(=O)N1CC[NH+](CCOc2ccc(Cl)cc2)CC1)C(C)C. The molecular formula is C19H29ClN3O3+. The zero-order valence-corrected chi connectivity index (χ0v) is 16.5. The van der Waals surface area contributed by atoms with E-state index in [1.165, 1.54) is 11.8 Å². The maximum Gasteiger partial charge on any atom is 0.245 e. The first kappa shape index (κ1) is 20.5. The summed E-state index contributed by atoms with van der Waals surface area (Å²) in [6, 6.07) is 6.91. The number of carbonyl (C=O) groups excluding carboxylic acids is 2. The summed E-state index contributed by atoms with van der Waals surface area (Å²) in [7, 11) is 0. The minimum atomic E-state index is -0.442. The predicted molar refractivity (Wildman–Crippen MR) is 102 cm³/mol. The third kappa shape index (κ3) is 6.18. The smallest absolute Gasteiger partial charge is 0.245 e. The molecule has 1 aromatic rings. The first-order valence-corrected chi connectivity index (χ1v) is 9.52. The lowest BCUT2D eigenvalue weighted by atomic mass is 10.0. The van der Waals surface area contributed by atoms with Gasteiger partial charge in [-0.2, -0.15) is 0 Å². The van der Waals surface area contributed by atoms with Gasteiger partial charge in [-0.05, 0) is 30.2 Å². The van der Waals surface area contributed by atoms with Gasteiger partial charge in [-0.1, -0.05) is 25.4 Å². The van der Waals surface area contributed by atoms with Crippen molar-refractivity contribution in [3.05, 3.63) is 29.3 Å². The van der Waals surface area contributed by atoms with Gasteiger partial charge in [0.25, 0.3) is 0 Å². The van der Waals surface area contributed by atoms with E-state index >= 15 is 0 Å². The van der Waals surface area contributed by atoms with Crippen LogP contribution < -0.4 is 15.0 Å². The molecule has 0 spiro atoms. The fourth-order valence-electron chi connectivity index (χ4n) is 3.07. The molecule has 1 saturated heterocycles. The summed E-state index contributed by atoms with van der Waals surface area (Å²) in [4.78, 5) is 27.3. The molecule has 6 nitrogen and oxygen atoms in total. The Morgan fingerprint density at radius 3 is 2.38 bits per heavy atom. The molecule has 1 aromatic carbocycles. The number of carbonyl (C=O) groups is 2. The van der Waals surface area contributed by atoms with E-state index in [1.807, 2.05) is 43.0 Å². The van der Waals surface area contributed by atoms with Gasteiger partial charge >= 0.3 is 0 Å². The topological polar surface area (TPSA) is 63.1 Å². The van der Waals surface area contributed by atoms with Gasteiger partial charge in [0.15, 0.2) is 0 Å². The van der Waals surface area contributed by atoms with Crippen LogP contribution in [0.4, 0.5) is 0 Å². The molecule has 7 heteroatoms. The Labute approximate surface area is 160 Å². The second-order valence-corrected chi connectivity index (χ2v) is 7.49. The molecule has 2 rings (SSSR count). The highest BCUT2D eigenvalue weighted by molar-refractivity contribution is 6.30. The summed E-state index contributed by atoms with van der Waals surface area (Å²) in [5, 5.41) is 3.47. The van der Waals surface area contributed by atoms with Crippen molar-refractivity contribution in [2.45, 2.75) is 26.8 Å². The van der Waals surface area contributed by atoms with Crippen LogP contribution in [0.15, 0.2) is 24.3 Å². The van der Waals surface area contributed by atoms with Gasteiger partial charge in [0, 0.05) is 11.9 Å². The van der Waals surface area contributed by atoms with Crippen LogP contribution in [0.25, 0.3) is 0 Å². The molecule has 2 N–H and O–H groups in total. The van der Waals surface area contributed by atoms with Crippen molar-refractivity contribution >= 4 is 23.4 Å². The van der Waals surface area contributed by atoms with Gasteiger partial charge in [-0.15, -0.1) is 0 Å². The van der Waals surface area contributed by atoms with Crippen molar-refractivity contribution in [3.63, 3.8) is 0 Å². The number of ether oxygens (including phenoxy) is 1. The van der Waals surface area contributed by atoms with Gasteiger partial charge in [0.1, 0.15) is 24.9 Å². The number of benzene rings is 1. The van der Waals surface area contributed by atoms with E-state index in [1.54, 1.807) is 0 Å². The minimum Gasteiger partial charge on any atom is -0.488 e. The van der Waals surface area contributed by atoms with Crippen LogP contribution in [-0.2, 0) is 9.59 Å². The van der Waals surface area contributed by atoms with Crippen LogP contribution in [-0.4, -0.2) is 62.1 Å². The average Bonchev–Trinajstić information content (AvgIpc) is 2.61. The molecule has 0 unspecified atom stereocenters. The largest absolute Gasteiger partial charge is 0.488 e. The summed E-state index contributed by atoms with van der Waals surface area (Å²) in [6.07, 6.45) is 0. The van der Waals surface area contributed by atoms with E-state index in [2.05, 4.69) is 5.32 Å². The number of hydrogen-bond donors (Lipinski definition) is 2. The van der Waals surface area contributed by atoms with Crippen LogP contribution in [0.3, 0.4) is 0 Å². The van der Waals surface area contributed by atoms with Crippen molar-refractivity contribution in [3.8, 4) is 5.75 Å². The van der Waals surface area contributed by atoms with Crippen molar-refractivity contribution in [2.75, 3.05) is 39.3 Å². The van der Waals surface area contributed by atoms with Crippen LogP contribution >= 0.6 is 11.6 Å². The van der Waals surface area contributed by atoms with Crippen molar-refractivity contribution in [2.24, 2.45) is 5.92 Å². The highest BCUT2D eigenvalue weighted by atomic mass is 35.5. The number of halogens is 1. The Bertz CT molecular complexity index is 599. The Morgan fingerprint density at radius 1 is 1.23 bits per heavy atom. The summed E-state index contributed by atoms with van der Waals surface area (Å²) in [5.41, 5.74) is 0. The molecule has 1 aliphatic rings. The van der Waals surface area contributed by atoms with E-state index in [0.717, 1.165) is 25.4 Å². The number of hydrogen-bond acceptors (Lipinski definition) is 3. The number of nitrogens with zero attached hydrogens (tertiary/aromatic N) is 1. The Hall–Kier alpha value is -1.79. The monoisotopic (exact) mass is 382 g/mol. The van der Waals surface area contributed by atoms with Crippen molar-refractivity contribution < 1.29 is 19.2 Å². The minimum absolute atomic E-state index is 0.0201. The molecule has 0 aliphatic carbocycles. The lowest BCUT2D eigenvalue weighted by Gasteiger charge is -2.35.